The number of hydrogen-bond acceptors (Lipinski definition) is 3. The van der Waals surface area contributed by atoms with E-state index in [2.05, 4.69) is 10.1 Å². The third kappa shape index (κ3) is 5.21. The van der Waals surface area contributed by atoms with Gasteiger partial charge in [-0.25, -0.2) is 0 Å². The van der Waals surface area contributed by atoms with Crippen molar-refractivity contribution < 1.29 is 22.7 Å². The van der Waals surface area contributed by atoms with Crippen LogP contribution in [0.2, 0.25) is 0 Å². The Morgan fingerprint density at radius 2 is 2.12 bits per heavy atom. The summed E-state index contributed by atoms with van der Waals surface area (Å²) >= 11 is 0. The molecule has 1 aromatic carbocycles. The third-order valence-electron chi connectivity index (χ3n) is 1.71. The number of nitrogens with one attached hydrogen (secondary N) is 1. The first kappa shape index (κ1) is 13.3. The Morgan fingerprint density at radius 1 is 1.41 bits per heavy atom. The molecule has 0 aromatic heterocycles. The molecule has 0 atom stereocenters. The van der Waals surface area contributed by atoms with E-state index in [0.29, 0.717) is 5.69 Å². The summed E-state index contributed by atoms with van der Waals surface area (Å²) in [4.78, 5) is 11.0. The van der Waals surface area contributed by atoms with Crippen molar-refractivity contribution in [3.8, 4) is 5.75 Å². The Labute approximate surface area is 95.6 Å². The number of hydrogen-bond donors (Lipinski definition) is 2. The van der Waals surface area contributed by atoms with E-state index in [1.165, 1.54) is 24.3 Å². The number of ether oxygens (including phenoxy) is 1. The van der Waals surface area contributed by atoms with Gasteiger partial charge >= 0.3 is 6.18 Å². The normalized spacial score (nSPS) is 11.1. The Hall–Kier alpha value is -1.76. The molecule has 0 heterocycles. The maximum Gasteiger partial charge on any atom is 0.422 e. The van der Waals surface area contributed by atoms with Crippen LogP contribution in [0, 0.1) is 0 Å². The highest BCUT2D eigenvalue weighted by atomic mass is 19.4. The molecule has 0 unspecified atom stereocenters. The Bertz CT molecular complexity index is 393. The highest BCUT2D eigenvalue weighted by Crippen LogP contribution is 2.21. The van der Waals surface area contributed by atoms with Crippen LogP contribution in [-0.2, 0) is 4.79 Å². The highest BCUT2D eigenvalue weighted by Gasteiger charge is 2.28. The number of benzene rings is 1. The van der Waals surface area contributed by atoms with Gasteiger partial charge in [0.2, 0.25) is 5.91 Å². The molecule has 0 radical (unpaired) electrons. The molecule has 0 spiro atoms. The molecule has 17 heavy (non-hydrogen) atoms. The largest absolute Gasteiger partial charge is 0.484 e. The zero-order valence-electron chi connectivity index (χ0n) is 8.75. The molecule has 0 saturated carbocycles. The molecule has 7 heteroatoms. The molecule has 1 amide bonds. The van der Waals surface area contributed by atoms with E-state index in [1.54, 1.807) is 0 Å². The van der Waals surface area contributed by atoms with Crippen molar-refractivity contribution in [1.82, 2.24) is 0 Å². The highest BCUT2D eigenvalue weighted by molar-refractivity contribution is 5.92. The van der Waals surface area contributed by atoms with Crippen LogP contribution < -0.4 is 15.8 Å². The molecule has 1 rings (SSSR count). The monoisotopic (exact) mass is 248 g/mol. The summed E-state index contributed by atoms with van der Waals surface area (Å²) in [5.74, 6) is -0.407. The number of carbonyl (C=O) groups is 1. The fourth-order valence-electron chi connectivity index (χ4n) is 1.04. The van der Waals surface area contributed by atoms with Gasteiger partial charge < -0.3 is 15.8 Å². The minimum atomic E-state index is -4.39. The molecular weight excluding hydrogens is 237 g/mol. The number of anilines is 1. The van der Waals surface area contributed by atoms with Crippen LogP contribution in [0.1, 0.15) is 0 Å². The van der Waals surface area contributed by atoms with Crippen molar-refractivity contribution in [3.05, 3.63) is 24.3 Å². The smallest absolute Gasteiger partial charge is 0.422 e. The minimum absolute atomic E-state index is 0.0251. The molecule has 1 aromatic rings. The predicted molar refractivity (Wildman–Crippen MR) is 55.7 cm³/mol. The fraction of sp³-hybridized carbons (Fsp3) is 0.300. The molecule has 0 saturated heterocycles. The quantitative estimate of drug-likeness (QED) is 0.849. The van der Waals surface area contributed by atoms with Crippen LogP contribution in [0.5, 0.6) is 5.75 Å². The first-order chi connectivity index (χ1) is 7.90. The topological polar surface area (TPSA) is 64.4 Å². The second kappa shape index (κ2) is 5.53. The SMILES string of the molecule is NCC(=O)Nc1cccc(OCC(F)(F)F)c1. The molecule has 0 aliphatic carbocycles. The second-order valence-corrected chi connectivity index (χ2v) is 3.18. The Balaban J connectivity index is 2.63. The van der Waals surface area contributed by atoms with Gasteiger partial charge in [-0.2, -0.15) is 13.2 Å². The number of carbonyl (C=O) groups excluding carboxylic acids is 1. The van der Waals surface area contributed by atoms with Gasteiger partial charge in [0.1, 0.15) is 5.75 Å². The van der Waals surface area contributed by atoms with E-state index in [0.717, 1.165) is 0 Å². The van der Waals surface area contributed by atoms with E-state index in [1.807, 2.05) is 0 Å². The predicted octanol–water partition coefficient (Wildman–Crippen LogP) is 1.52. The lowest BCUT2D eigenvalue weighted by Gasteiger charge is -2.10. The molecule has 0 aliphatic rings. The van der Waals surface area contributed by atoms with Gasteiger partial charge in [-0.3, -0.25) is 4.79 Å². The summed E-state index contributed by atoms with van der Waals surface area (Å²) in [5.41, 5.74) is 5.42. The van der Waals surface area contributed by atoms with Crippen molar-refractivity contribution in [2.24, 2.45) is 5.73 Å². The number of rotatable bonds is 4. The average molecular weight is 248 g/mol. The summed E-state index contributed by atoms with van der Waals surface area (Å²) in [7, 11) is 0. The van der Waals surface area contributed by atoms with Gasteiger partial charge in [-0.15, -0.1) is 0 Å². The molecular formula is C10H11F3N2O2. The number of nitrogens with two attached hydrogens (primary N) is 1. The van der Waals surface area contributed by atoms with Crippen LogP contribution >= 0.6 is 0 Å². The van der Waals surface area contributed by atoms with Crippen molar-refractivity contribution in [2.75, 3.05) is 18.5 Å². The zero-order valence-corrected chi connectivity index (χ0v) is 8.75. The second-order valence-electron chi connectivity index (χ2n) is 3.18. The van der Waals surface area contributed by atoms with Gasteiger partial charge in [0.05, 0.1) is 6.54 Å². The van der Waals surface area contributed by atoms with Crippen molar-refractivity contribution in [3.63, 3.8) is 0 Å². The number of alkyl halides is 3. The maximum atomic E-state index is 11.9. The molecule has 0 fully saturated rings. The van der Waals surface area contributed by atoms with Gasteiger partial charge in [0.25, 0.3) is 0 Å². The maximum absolute atomic E-state index is 11.9. The molecule has 0 bridgehead atoms. The van der Waals surface area contributed by atoms with Crippen molar-refractivity contribution in [1.29, 1.82) is 0 Å². The lowest BCUT2D eigenvalue weighted by molar-refractivity contribution is -0.153. The van der Waals surface area contributed by atoms with Gasteiger partial charge in [-0.1, -0.05) is 6.07 Å². The number of halogens is 3. The van der Waals surface area contributed by atoms with E-state index in [-0.39, 0.29) is 12.3 Å². The average Bonchev–Trinajstić information content (AvgIpc) is 2.26. The van der Waals surface area contributed by atoms with E-state index in [4.69, 9.17) is 5.73 Å². The Kier molecular flexibility index (Phi) is 4.33. The summed E-state index contributed by atoms with van der Waals surface area (Å²) in [6, 6.07) is 5.65. The van der Waals surface area contributed by atoms with Crippen LogP contribution in [0.3, 0.4) is 0 Å². The van der Waals surface area contributed by atoms with E-state index >= 15 is 0 Å². The number of amides is 1. The van der Waals surface area contributed by atoms with Crippen molar-refractivity contribution >= 4 is 11.6 Å². The van der Waals surface area contributed by atoms with E-state index < -0.39 is 18.7 Å². The van der Waals surface area contributed by atoms with Gasteiger partial charge in [0.15, 0.2) is 6.61 Å². The zero-order chi connectivity index (χ0) is 12.9. The molecule has 0 aliphatic heterocycles. The molecule has 4 nitrogen and oxygen atoms in total. The summed E-state index contributed by atoms with van der Waals surface area (Å²) in [5, 5.41) is 2.40. The van der Waals surface area contributed by atoms with Crippen LogP contribution in [0.15, 0.2) is 24.3 Å². The Morgan fingerprint density at radius 3 is 2.71 bits per heavy atom. The minimum Gasteiger partial charge on any atom is -0.484 e. The van der Waals surface area contributed by atoms with E-state index in [9.17, 15) is 18.0 Å². The standard InChI is InChI=1S/C10H11F3N2O2/c11-10(12,13)6-17-8-3-1-2-7(4-8)15-9(16)5-14/h1-4H,5-6,14H2,(H,15,16). The first-order valence-electron chi connectivity index (χ1n) is 4.70. The van der Waals surface area contributed by atoms with Crippen LogP contribution in [0.4, 0.5) is 18.9 Å². The third-order valence-corrected chi connectivity index (χ3v) is 1.71. The summed E-state index contributed by atoms with van der Waals surface area (Å²) < 4.78 is 40.2. The lowest BCUT2D eigenvalue weighted by Crippen LogP contribution is -2.22. The summed E-state index contributed by atoms with van der Waals surface area (Å²) in [6.07, 6.45) is -4.39. The van der Waals surface area contributed by atoms with Crippen LogP contribution in [-0.4, -0.2) is 25.2 Å². The molecule has 3 N–H and O–H groups in total. The fourth-order valence-corrected chi connectivity index (χ4v) is 1.04. The van der Waals surface area contributed by atoms with Gasteiger partial charge in [-0.05, 0) is 12.1 Å². The van der Waals surface area contributed by atoms with Crippen molar-refractivity contribution in [2.45, 2.75) is 6.18 Å². The van der Waals surface area contributed by atoms with Gasteiger partial charge in [0, 0.05) is 11.8 Å². The van der Waals surface area contributed by atoms with Crippen LogP contribution in [0.25, 0.3) is 0 Å². The first-order valence-corrected chi connectivity index (χ1v) is 4.70. The molecule has 94 valence electrons. The summed E-state index contributed by atoms with van der Waals surface area (Å²) in [6.45, 7) is -1.57. The lowest BCUT2D eigenvalue weighted by atomic mass is 10.3.